The Morgan fingerprint density at radius 1 is 1.40 bits per heavy atom. The summed E-state index contributed by atoms with van der Waals surface area (Å²) in [6, 6.07) is 3.90. The first-order valence-corrected chi connectivity index (χ1v) is 12.0. The zero-order valence-electron chi connectivity index (χ0n) is 5.31. The molecule has 0 aromatic carbocycles. The summed E-state index contributed by atoms with van der Waals surface area (Å²) < 4.78 is 0. The zero-order chi connectivity index (χ0) is 7.98. The first-order chi connectivity index (χ1) is 4.63. The van der Waals surface area contributed by atoms with Gasteiger partial charge in [-0.3, -0.25) is 0 Å². The SMILES string of the molecule is Cc1ccc[n-]1.[Cl][Zr]([Cl])[Cl]. The molecular formula is C5H6Cl3NZr-. The van der Waals surface area contributed by atoms with Gasteiger partial charge in [0.2, 0.25) is 0 Å². The van der Waals surface area contributed by atoms with Crippen LogP contribution < -0.4 is 4.98 Å². The van der Waals surface area contributed by atoms with E-state index in [9.17, 15) is 0 Å². The number of rotatable bonds is 0. The third kappa shape index (κ3) is 9.03. The van der Waals surface area contributed by atoms with Crippen molar-refractivity contribution in [3.63, 3.8) is 0 Å². The van der Waals surface area contributed by atoms with Gasteiger partial charge >= 0.3 is 43.7 Å². The van der Waals surface area contributed by atoms with E-state index in [4.69, 9.17) is 25.5 Å². The summed E-state index contributed by atoms with van der Waals surface area (Å²) >= 11 is -2.13. The van der Waals surface area contributed by atoms with Crippen LogP contribution in [0.4, 0.5) is 0 Å². The minimum absolute atomic E-state index is 1.09. The van der Waals surface area contributed by atoms with Crippen LogP contribution in [0.5, 0.6) is 0 Å². The Hall–Kier alpha value is 1.03. The van der Waals surface area contributed by atoms with E-state index in [1.54, 1.807) is 6.20 Å². The van der Waals surface area contributed by atoms with E-state index in [0.29, 0.717) is 0 Å². The maximum absolute atomic E-state index is 5.00. The molecule has 0 radical (unpaired) electrons. The summed E-state index contributed by atoms with van der Waals surface area (Å²) in [5, 5.41) is 0. The first-order valence-electron chi connectivity index (χ1n) is 2.50. The molecule has 0 spiro atoms. The van der Waals surface area contributed by atoms with Gasteiger partial charge in [-0.25, -0.2) is 0 Å². The van der Waals surface area contributed by atoms with Gasteiger partial charge in [-0.15, -0.1) is 0 Å². The molecule has 1 aromatic heterocycles. The van der Waals surface area contributed by atoms with Gasteiger partial charge < -0.3 is 4.98 Å². The summed E-state index contributed by atoms with van der Waals surface area (Å²) in [5.74, 6) is 0. The fourth-order valence-electron chi connectivity index (χ4n) is 0.386. The number of hydrogen-bond acceptors (Lipinski definition) is 0. The molecule has 0 amide bonds. The molecule has 0 saturated heterocycles. The second kappa shape index (κ2) is 6.73. The number of aromatic nitrogens is 1. The fourth-order valence-corrected chi connectivity index (χ4v) is 0.386. The van der Waals surface area contributed by atoms with Crippen LogP contribution in [0.3, 0.4) is 0 Å². The molecule has 0 aliphatic rings. The Kier molecular flexibility index (Phi) is 7.42. The summed E-state index contributed by atoms with van der Waals surface area (Å²) in [6.45, 7) is 1.97. The van der Waals surface area contributed by atoms with Crippen LogP contribution in [-0.2, 0) is 18.2 Å². The van der Waals surface area contributed by atoms with Crippen LogP contribution >= 0.6 is 25.5 Å². The van der Waals surface area contributed by atoms with E-state index in [0.717, 1.165) is 5.69 Å². The molecule has 5 heteroatoms. The summed E-state index contributed by atoms with van der Waals surface area (Å²) in [7, 11) is 15.0. The molecule has 1 heterocycles. The fraction of sp³-hybridized carbons (Fsp3) is 0.200. The number of halogens is 3. The van der Waals surface area contributed by atoms with Crippen LogP contribution in [0.1, 0.15) is 5.69 Å². The predicted octanol–water partition coefficient (Wildman–Crippen LogP) is 3.02. The topological polar surface area (TPSA) is 14.1 Å². The van der Waals surface area contributed by atoms with Gasteiger partial charge in [0.1, 0.15) is 0 Å². The van der Waals surface area contributed by atoms with Gasteiger partial charge in [0.05, 0.1) is 0 Å². The average Bonchev–Trinajstić information content (AvgIpc) is 2.15. The summed E-state index contributed by atoms with van der Waals surface area (Å²) in [6.07, 6.45) is 1.79. The van der Waals surface area contributed by atoms with Crippen molar-refractivity contribution in [3.05, 3.63) is 24.0 Å². The summed E-state index contributed by atoms with van der Waals surface area (Å²) in [5.41, 5.74) is 1.09. The van der Waals surface area contributed by atoms with E-state index in [-0.39, 0.29) is 0 Å². The minimum atomic E-state index is -2.13. The van der Waals surface area contributed by atoms with E-state index in [1.807, 2.05) is 19.1 Å². The van der Waals surface area contributed by atoms with Crippen molar-refractivity contribution in [2.24, 2.45) is 0 Å². The molecule has 0 atom stereocenters. The number of aryl methyl sites for hydroxylation is 1. The standard InChI is InChI=1S/C5H6N.3ClH.Zr/c1-5-3-2-4-6-5;;;;/h2-4H,1H3;3*1H;/q-1;;;;+3/p-3. The molecule has 1 aromatic rings. The van der Waals surface area contributed by atoms with E-state index in [1.165, 1.54) is 0 Å². The predicted molar refractivity (Wildman–Crippen MR) is 42.1 cm³/mol. The molecule has 57 valence electrons. The van der Waals surface area contributed by atoms with Crippen molar-refractivity contribution in [3.8, 4) is 0 Å². The Balaban J connectivity index is 0.000000180. The van der Waals surface area contributed by atoms with E-state index >= 15 is 0 Å². The monoisotopic (exact) mass is 275 g/mol. The van der Waals surface area contributed by atoms with Crippen LogP contribution in [-0.4, -0.2) is 0 Å². The molecule has 0 aliphatic heterocycles. The van der Waals surface area contributed by atoms with Crippen molar-refractivity contribution < 1.29 is 18.2 Å². The van der Waals surface area contributed by atoms with Crippen LogP contribution in [0.15, 0.2) is 18.3 Å². The molecule has 10 heavy (non-hydrogen) atoms. The first kappa shape index (κ1) is 11.0. The van der Waals surface area contributed by atoms with Crippen molar-refractivity contribution in [1.82, 2.24) is 4.98 Å². The maximum atomic E-state index is 5.00. The number of nitrogens with zero attached hydrogens (tertiary/aromatic N) is 1. The third-order valence-corrected chi connectivity index (χ3v) is 0.702. The zero-order valence-corrected chi connectivity index (χ0v) is 10.0. The second-order valence-corrected chi connectivity index (χ2v) is 12.7. The van der Waals surface area contributed by atoms with Crippen LogP contribution in [0.25, 0.3) is 0 Å². The normalized spacial score (nSPS) is 8.00. The molecular weight excluding hydrogens is 272 g/mol. The van der Waals surface area contributed by atoms with Gasteiger partial charge in [-0.05, 0) is 0 Å². The third-order valence-electron chi connectivity index (χ3n) is 0.702. The van der Waals surface area contributed by atoms with Crippen LogP contribution in [0.2, 0.25) is 0 Å². The summed E-state index contributed by atoms with van der Waals surface area (Å²) in [4.78, 5) is 3.92. The Morgan fingerprint density at radius 3 is 2.00 bits per heavy atom. The van der Waals surface area contributed by atoms with Crippen molar-refractivity contribution >= 4 is 25.5 Å². The van der Waals surface area contributed by atoms with Crippen molar-refractivity contribution in [2.45, 2.75) is 6.92 Å². The molecule has 0 bridgehead atoms. The van der Waals surface area contributed by atoms with Crippen molar-refractivity contribution in [1.29, 1.82) is 0 Å². The molecule has 1 nitrogen and oxygen atoms in total. The van der Waals surface area contributed by atoms with Crippen molar-refractivity contribution in [2.75, 3.05) is 0 Å². The van der Waals surface area contributed by atoms with Crippen LogP contribution in [0, 0.1) is 6.92 Å². The second-order valence-electron chi connectivity index (χ2n) is 1.49. The Bertz CT molecular complexity index is 149. The molecule has 0 saturated carbocycles. The molecule has 0 aliphatic carbocycles. The van der Waals surface area contributed by atoms with Gasteiger partial charge in [-0.1, -0.05) is 19.1 Å². The molecule has 1 rings (SSSR count). The molecule has 0 fully saturated rings. The Morgan fingerprint density at radius 2 is 1.90 bits per heavy atom. The Labute approximate surface area is 79.0 Å². The molecule has 0 N–H and O–H groups in total. The van der Waals surface area contributed by atoms with Gasteiger partial charge in [0, 0.05) is 0 Å². The molecule has 0 unspecified atom stereocenters. The average molecular weight is 278 g/mol. The number of hydrogen-bond donors (Lipinski definition) is 0. The van der Waals surface area contributed by atoms with Gasteiger partial charge in [0.25, 0.3) is 0 Å². The quantitative estimate of drug-likeness (QED) is 0.711. The van der Waals surface area contributed by atoms with Gasteiger partial charge in [-0.2, -0.15) is 11.9 Å². The van der Waals surface area contributed by atoms with Gasteiger partial charge in [0.15, 0.2) is 0 Å². The van der Waals surface area contributed by atoms with E-state index in [2.05, 4.69) is 4.98 Å². The van der Waals surface area contributed by atoms with E-state index < -0.39 is 18.2 Å².